The average molecular weight is 219 g/mol. The Balaban J connectivity index is 1.92. The number of pyridine rings is 1. The van der Waals surface area contributed by atoms with E-state index >= 15 is 0 Å². The molecule has 2 rings (SSSR count). The number of nitrogens with one attached hydrogen (secondary N) is 1. The monoisotopic (exact) mass is 219 g/mol. The van der Waals surface area contributed by atoms with Crippen molar-refractivity contribution in [2.75, 3.05) is 18.4 Å². The highest BCUT2D eigenvalue weighted by Crippen LogP contribution is 2.12. The van der Waals surface area contributed by atoms with Crippen molar-refractivity contribution in [2.24, 2.45) is 0 Å². The van der Waals surface area contributed by atoms with Crippen LogP contribution in [0.1, 0.15) is 19.8 Å². The first-order valence-electron chi connectivity index (χ1n) is 5.73. The van der Waals surface area contributed by atoms with Gasteiger partial charge in [-0.15, -0.1) is 0 Å². The van der Waals surface area contributed by atoms with Gasteiger partial charge in [-0.05, 0) is 31.9 Å². The maximum absolute atomic E-state index is 12.0. The van der Waals surface area contributed by atoms with Gasteiger partial charge in [-0.25, -0.2) is 0 Å². The highest BCUT2D eigenvalue weighted by molar-refractivity contribution is 5.84. The van der Waals surface area contributed by atoms with Gasteiger partial charge in [0.1, 0.15) is 6.04 Å². The van der Waals surface area contributed by atoms with Crippen LogP contribution < -0.4 is 5.32 Å². The Morgan fingerprint density at radius 1 is 1.38 bits per heavy atom. The molecule has 1 saturated heterocycles. The van der Waals surface area contributed by atoms with Crippen LogP contribution in [-0.4, -0.2) is 34.9 Å². The zero-order valence-corrected chi connectivity index (χ0v) is 9.52. The molecule has 2 heterocycles. The van der Waals surface area contributed by atoms with Gasteiger partial charge in [-0.2, -0.15) is 0 Å². The minimum absolute atomic E-state index is 0.166. The number of hydrogen-bond acceptors (Lipinski definition) is 3. The summed E-state index contributed by atoms with van der Waals surface area (Å²) in [5, 5.41) is 3.19. The van der Waals surface area contributed by atoms with Crippen LogP contribution >= 0.6 is 0 Å². The van der Waals surface area contributed by atoms with E-state index in [-0.39, 0.29) is 11.9 Å². The summed E-state index contributed by atoms with van der Waals surface area (Å²) in [6.07, 6.45) is 5.70. The molecule has 0 radical (unpaired) electrons. The van der Waals surface area contributed by atoms with Crippen molar-refractivity contribution in [1.29, 1.82) is 0 Å². The second kappa shape index (κ2) is 4.96. The van der Waals surface area contributed by atoms with Crippen molar-refractivity contribution in [1.82, 2.24) is 9.88 Å². The minimum Gasteiger partial charge on any atom is -0.374 e. The molecule has 16 heavy (non-hydrogen) atoms. The first-order chi connectivity index (χ1) is 7.77. The van der Waals surface area contributed by atoms with Crippen LogP contribution in [-0.2, 0) is 4.79 Å². The number of rotatable bonds is 3. The Hall–Kier alpha value is -1.58. The number of hydrogen-bond donors (Lipinski definition) is 1. The number of carbonyl (C=O) groups excluding carboxylic acids is 1. The normalized spacial score (nSPS) is 17.2. The number of anilines is 1. The van der Waals surface area contributed by atoms with Crippen LogP contribution in [0, 0.1) is 0 Å². The first-order valence-corrected chi connectivity index (χ1v) is 5.73. The lowest BCUT2D eigenvalue weighted by Crippen LogP contribution is -2.39. The van der Waals surface area contributed by atoms with Gasteiger partial charge < -0.3 is 10.2 Å². The van der Waals surface area contributed by atoms with Gasteiger partial charge in [0.05, 0.1) is 0 Å². The smallest absolute Gasteiger partial charge is 0.244 e. The van der Waals surface area contributed by atoms with E-state index in [9.17, 15) is 4.79 Å². The van der Waals surface area contributed by atoms with Crippen LogP contribution in [0.15, 0.2) is 24.5 Å². The van der Waals surface area contributed by atoms with Crippen LogP contribution in [0.25, 0.3) is 0 Å². The number of carbonyl (C=O) groups is 1. The van der Waals surface area contributed by atoms with Crippen LogP contribution in [0.2, 0.25) is 0 Å². The third-order valence-corrected chi connectivity index (χ3v) is 2.85. The van der Waals surface area contributed by atoms with Crippen molar-refractivity contribution < 1.29 is 4.79 Å². The molecule has 0 bridgehead atoms. The average Bonchev–Trinajstić information content (AvgIpc) is 2.83. The van der Waals surface area contributed by atoms with Crippen molar-refractivity contribution in [3.8, 4) is 0 Å². The van der Waals surface area contributed by atoms with Crippen molar-refractivity contribution >= 4 is 11.6 Å². The number of aromatic nitrogens is 1. The molecule has 1 atom stereocenters. The molecule has 1 aliphatic heterocycles. The van der Waals surface area contributed by atoms with Gasteiger partial charge in [0.25, 0.3) is 0 Å². The van der Waals surface area contributed by atoms with E-state index in [2.05, 4.69) is 10.3 Å². The lowest BCUT2D eigenvalue weighted by Gasteiger charge is -2.21. The Morgan fingerprint density at radius 3 is 2.62 bits per heavy atom. The predicted octanol–water partition coefficient (Wildman–Crippen LogP) is 1.50. The molecule has 86 valence electrons. The van der Waals surface area contributed by atoms with Crippen molar-refractivity contribution in [3.05, 3.63) is 24.5 Å². The second-order valence-electron chi connectivity index (χ2n) is 4.13. The zero-order chi connectivity index (χ0) is 11.4. The highest BCUT2D eigenvalue weighted by Gasteiger charge is 2.22. The quantitative estimate of drug-likeness (QED) is 0.838. The van der Waals surface area contributed by atoms with Gasteiger partial charge in [0, 0.05) is 31.2 Å². The molecule has 1 amide bonds. The topological polar surface area (TPSA) is 45.2 Å². The number of amides is 1. The van der Waals surface area contributed by atoms with E-state index < -0.39 is 0 Å². The molecule has 4 nitrogen and oxygen atoms in total. The van der Waals surface area contributed by atoms with E-state index in [1.807, 2.05) is 24.0 Å². The fourth-order valence-electron chi connectivity index (χ4n) is 1.97. The third kappa shape index (κ3) is 2.51. The summed E-state index contributed by atoms with van der Waals surface area (Å²) in [7, 11) is 0. The number of likely N-dealkylation sites (tertiary alicyclic amines) is 1. The molecule has 4 heteroatoms. The van der Waals surface area contributed by atoms with E-state index in [0.29, 0.717) is 0 Å². The van der Waals surface area contributed by atoms with Gasteiger partial charge in [-0.1, -0.05) is 0 Å². The molecule has 1 fully saturated rings. The SMILES string of the molecule is CC(Nc1ccncc1)C(=O)N1CCCC1. The molecule has 1 unspecified atom stereocenters. The van der Waals surface area contributed by atoms with Crippen molar-refractivity contribution in [3.63, 3.8) is 0 Å². The maximum Gasteiger partial charge on any atom is 0.244 e. The largest absolute Gasteiger partial charge is 0.374 e. The van der Waals surface area contributed by atoms with Gasteiger partial charge >= 0.3 is 0 Å². The summed E-state index contributed by atoms with van der Waals surface area (Å²) >= 11 is 0. The summed E-state index contributed by atoms with van der Waals surface area (Å²) in [6.45, 7) is 3.71. The lowest BCUT2D eigenvalue weighted by molar-refractivity contribution is -0.130. The molecule has 0 spiro atoms. The van der Waals surface area contributed by atoms with Crippen LogP contribution in [0.5, 0.6) is 0 Å². The van der Waals surface area contributed by atoms with E-state index in [4.69, 9.17) is 0 Å². The molecule has 1 N–H and O–H groups in total. The van der Waals surface area contributed by atoms with Gasteiger partial charge in [0.15, 0.2) is 0 Å². The first kappa shape index (κ1) is 10.9. The Morgan fingerprint density at radius 2 is 2.00 bits per heavy atom. The zero-order valence-electron chi connectivity index (χ0n) is 9.52. The molecule has 1 aromatic heterocycles. The molecule has 1 aromatic rings. The molecule has 0 aromatic carbocycles. The standard InChI is InChI=1S/C12H17N3O/c1-10(12(16)15-8-2-3-9-15)14-11-4-6-13-7-5-11/h4-7,10H,2-3,8-9H2,1H3,(H,13,14). The van der Waals surface area contributed by atoms with Gasteiger partial charge in [-0.3, -0.25) is 9.78 Å². The van der Waals surface area contributed by atoms with E-state index in [0.717, 1.165) is 31.6 Å². The molecular weight excluding hydrogens is 202 g/mol. The summed E-state index contributed by atoms with van der Waals surface area (Å²) < 4.78 is 0. The predicted molar refractivity (Wildman–Crippen MR) is 63.1 cm³/mol. The summed E-state index contributed by atoms with van der Waals surface area (Å²) in [6, 6.07) is 3.57. The fraction of sp³-hybridized carbons (Fsp3) is 0.500. The second-order valence-corrected chi connectivity index (χ2v) is 4.13. The Bertz CT molecular complexity index is 347. The van der Waals surface area contributed by atoms with Crippen LogP contribution in [0.3, 0.4) is 0 Å². The third-order valence-electron chi connectivity index (χ3n) is 2.85. The van der Waals surface area contributed by atoms with E-state index in [1.54, 1.807) is 12.4 Å². The Kier molecular flexibility index (Phi) is 3.39. The summed E-state index contributed by atoms with van der Waals surface area (Å²) in [4.78, 5) is 17.9. The number of nitrogens with zero attached hydrogens (tertiary/aromatic N) is 2. The summed E-state index contributed by atoms with van der Waals surface area (Å²) in [5.74, 6) is 0.189. The van der Waals surface area contributed by atoms with Crippen molar-refractivity contribution in [2.45, 2.75) is 25.8 Å². The summed E-state index contributed by atoms with van der Waals surface area (Å²) in [5.41, 5.74) is 0.940. The van der Waals surface area contributed by atoms with Crippen LogP contribution in [0.4, 0.5) is 5.69 Å². The highest BCUT2D eigenvalue weighted by atomic mass is 16.2. The lowest BCUT2D eigenvalue weighted by atomic mass is 10.2. The molecular formula is C12H17N3O. The minimum atomic E-state index is -0.166. The maximum atomic E-state index is 12.0. The Labute approximate surface area is 95.7 Å². The molecule has 0 saturated carbocycles. The van der Waals surface area contributed by atoms with Gasteiger partial charge in [0.2, 0.25) is 5.91 Å². The molecule has 1 aliphatic rings. The molecule has 0 aliphatic carbocycles. The fourth-order valence-corrected chi connectivity index (χ4v) is 1.97. The van der Waals surface area contributed by atoms with E-state index in [1.165, 1.54) is 0 Å².